The van der Waals surface area contributed by atoms with Crippen LogP contribution in [0.2, 0.25) is 0 Å². The van der Waals surface area contributed by atoms with Crippen LogP contribution in [0, 0.1) is 5.92 Å². The van der Waals surface area contributed by atoms with Crippen LogP contribution in [0.5, 0.6) is 17.2 Å². The lowest BCUT2D eigenvalue weighted by molar-refractivity contribution is 0.0511. The summed E-state index contributed by atoms with van der Waals surface area (Å²) >= 11 is 0. The molecule has 154 valence electrons. The second kappa shape index (κ2) is 10.7. The molecule has 0 aliphatic heterocycles. The lowest BCUT2D eigenvalue weighted by atomic mass is 9.90. The molecule has 5 nitrogen and oxygen atoms in total. The van der Waals surface area contributed by atoms with Crippen molar-refractivity contribution in [3.8, 4) is 17.2 Å². The minimum Gasteiger partial charge on any atom is -0.507 e. The summed E-state index contributed by atoms with van der Waals surface area (Å²) in [6, 6.07) is 12.3. The number of phenolic OH excluding ortho intramolecular Hbond substituents is 1. The summed E-state index contributed by atoms with van der Waals surface area (Å²) in [6.07, 6.45) is 9.23. The zero-order valence-corrected chi connectivity index (χ0v) is 16.8. The number of hydrogen-bond donors (Lipinski definition) is 1. The predicted molar refractivity (Wildman–Crippen MR) is 112 cm³/mol. The number of aromatic hydroxyl groups is 1. The Hall–Kier alpha value is -2.79. The van der Waals surface area contributed by atoms with Crippen LogP contribution < -0.4 is 9.47 Å². The predicted octanol–water partition coefficient (Wildman–Crippen LogP) is 5.23. The first-order valence-electron chi connectivity index (χ1n) is 10.1. The number of benzene rings is 2. The largest absolute Gasteiger partial charge is 0.507 e. The monoisotopic (exact) mass is 396 g/mol. The van der Waals surface area contributed by atoms with Gasteiger partial charge in [0.05, 0.1) is 6.61 Å². The number of rotatable bonds is 9. The Bertz CT molecular complexity index is 820. The summed E-state index contributed by atoms with van der Waals surface area (Å²) < 4.78 is 16.2. The minimum absolute atomic E-state index is 0.0656. The highest BCUT2D eigenvalue weighted by molar-refractivity contribution is 6.10. The molecule has 0 aromatic heterocycles. The van der Waals surface area contributed by atoms with Crippen molar-refractivity contribution in [1.82, 2.24) is 0 Å². The van der Waals surface area contributed by atoms with Gasteiger partial charge in [0.2, 0.25) is 0 Å². The summed E-state index contributed by atoms with van der Waals surface area (Å²) in [5, 5.41) is 10.3. The van der Waals surface area contributed by atoms with Crippen molar-refractivity contribution in [3.63, 3.8) is 0 Å². The third kappa shape index (κ3) is 6.09. The van der Waals surface area contributed by atoms with Gasteiger partial charge in [0.15, 0.2) is 12.6 Å². The Morgan fingerprint density at radius 1 is 1.07 bits per heavy atom. The summed E-state index contributed by atoms with van der Waals surface area (Å²) in [6.45, 7) is 0.765. The summed E-state index contributed by atoms with van der Waals surface area (Å²) in [5.41, 5.74) is 1.06. The van der Waals surface area contributed by atoms with E-state index in [-0.39, 0.29) is 23.9 Å². The van der Waals surface area contributed by atoms with Crippen LogP contribution in [0.25, 0.3) is 6.08 Å². The van der Waals surface area contributed by atoms with Crippen LogP contribution >= 0.6 is 0 Å². The second-order valence-electron chi connectivity index (χ2n) is 7.28. The minimum atomic E-state index is -0.290. The summed E-state index contributed by atoms with van der Waals surface area (Å²) in [7, 11) is 1.56. The Morgan fingerprint density at radius 2 is 1.83 bits per heavy atom. The molecular weight excluding hydrogens is 368 g/mol. The van der Waals surface area contributed by atoms with Gasteiger partial charge >= 0.3 is 0 Å². The van der Waals surface area contributed by atoms with Crippen molar-refractivity contribution in [1.29, 1.82) is 0 Å². The van der Waals surface area contributed by atoms with Crippen LogP contribution in [0.1, 0.15) is 48.0 Å². The first kappa shape index (κ1) is 20.9. The van der Waals surface area contributed by atoms with E-state index in [1.54, 1.807) is 25.3 Å². The highest BCUT2D eigenvalue weighted by Crippen LogP contribution is 2.31. The quantitative estimate of drug-likeness (QED) is 0.357. The van der Waals surface area contributed by atoms with Crippen molar-refractivity contribution >= 4 is 11.9 Å². The maximum atomic E-state index is 12.8. The molecule has 1 aliphatic rings. The molecule has 1 N–H and O–H groups in total. The number of ketones is 1. The number of ether oxygens (including phenoxy) is 3. The fraction of sp³-hybridized carbons (Fsp3) is 0.375. The van der Waals surface area contributed by atoms with Crippen molar-refractivity contribution < 1.29 is 24.1 Å². The van der Waals surface area contributed by atoms with Gasteiger partial charge in [-0.25, -0.2) is 0 Å². The number of carbonyl (C=O) groups is 1. The third-order valence-electron chi connectivity index (χ3n) is 5.10. The molecule has 0 amide bonds. The van der Waals surface area contributed by atoms with Gasteiger partial charge < -0.3 is 19.3 Å². The normalized spacial score (nSPS) is 14.8. The van der Waals surface area contributed by atoms with Gasteiger partial charge in [0.1, 0.15) is 22.8 Å². The summed E-state index contributed by atoms with van der Waals surface area (Å²) in [4.78, 5) is 12.8. The molecule has 1 saturated carbocycles. The van der Waals surface area contributed by atoms with Gasteiger partial charge in [0.25, 0.3) is 0 Å². The molecule has 0 atom stereocenters. The van der Waals surface area contributed by atoms with E-state index in [4.69, 9.17) is 14.2 Å². The van der Waals surface area contributed by atoms with Gasteiger partial charge in [0, 0.05) is 7.11 Å². The molecule has 0 radical (unpaired) electrons. The highest BCUT2D eigenvalue weighted by atomic mass is 16.7. The molecule has 2 aromatic rings. The molecule has 0 spiro atoms. The van der Waals surface area contributed by atoms with Gasteiger partial charge in [-0.1, -0.05) is 43.5 Å². The molecule has 0 saturated heterocycles. The van der Waals surface area contributed by atoms with E-state index in [1.165, 1.54) is 31.4 Å². The Morgan fingerprint density at radius 3 is 2.55 bits per heavy atom. The van der Waals surface area contributed by atoms with Crippen LogP contribution in [0.3, 0.4) is 0 Å². The zero-order valence-electron chi connectivity index (χ0n) is 16.8. The van der Waals surface area contributed by atoms with Crippen LogP contribution in [0.15, 0.2) is 48.5 Å². The van der Waals surface area contributed by atoms with Crippen molar-refractivity contribution in [2.24, 2.45) is 5.92 Å². The fourth-order valence-electron chi connectivity index (χ4n) is 3.51. The molecule has 3 rings (SSSR count). The van der Waals surface area contributed by atoms with Crippen LogP contribution in [0.4, 0.5) is 0 Å². The van der Waals surface area contributed by atoms with E-state index in [0.717, 1.165) is 18.4 Å². The lowest BCUT2D eigenvalue weighted by Crippen LogP contribution is -2.16. The molecular formula is C24H28O5. The van der Waals surface area contributed by atoms with Gasteiger partial charge in [-0.3, -0.25) is 4.79 Å². The van der Waals surface area contributed by atoms with Crippen molar-refractivity contribution in [2.75, 3.05) is 20.5 Å². The molecule has 1 fully saturated rings. The fourth-order valence-corrected chi connectivity index (χ4v) is 3.51. The average molecular weight is 396 g/mol. The van der Waals surface area contributed by atoms with E-state index in [2.05, 4.69) is 0 Å². The zero-order chi connectivity index (χ0) is 20.5. The topological polar surface area (TPSA) is 65.0 Å². The van der Waals surface area contributed by atoms with Crippen molar-refractivity contribution in [3.05, 3.63) is 59.7 Å². The van der Waals surface area contributed by atoms with E-state index < -0.39 is 0 Å². The molecule has 0 unspecified atom stereocenters. The first-order chi connectivity index (χ1) is 14.2. The highest BCUT2D eigenvalue weighted by Gasteiger charge is 2.18. The SMILES string of the molecule is COCOc1ccc(/C=C/C(=O)c2c(O)cccc2OCC2CCCCC2)cc1. The molecule has 0 heterocycles. The number of allylic oxidation sites excluding steroid dienone is 1. The third-order valence-corrected chi connectivity index (χ3v) is 5.10. The maximum absolute atomic E-state index is 12.8. The van der Waals surface area contributed by atoms with Gasteiger partial charge in [-0.2, -0.15) is 0 Å². The Kier molecular flexibility index (Phi) is 7.70. The number of hydrogen-bond acceptors (Lipinski definition) is 5. The lowest BCUT2D eigenvalue weighted by Gasteiger charge is -2.22. The maximum Gasteiger partial charge on any atom is 0.193 e. The van der Waals surface area contributed by atoms with Crippen molar-refractivity contribution in [2.45, 2.75) is 32.1 Å². The van der Waals surface area contributed by atoms with Gasteiger partial charge in [-0.05, 0) is 54.7 Å². The number of carbonyl (C=O) groups excluding carboxylic acids is 1. The molecule has 1 aliphatic carbocycles. The molecule has 2 aromatic carbocycles. The van der Waals surface area contributed by atoms with E-state index in [0.29, 0.717) is 24.0 Å². The molecule has 0 bridgehead atoms. The Labute approximate surface area is 171 Å². The van der Waals surface area contributed by atoms with Gasteiger partial charge in [-0.15, -0.1) is 0 Å². The van der Waals surface area contributed by atoms with E-state index >= 15 is 0 Å². The smallest absolute Gasteiger partial charge is 0.193 e. The van der Waals surface area contributed by atoms with E-state index in [1.807, 2.05) is 24.3 Å². The van der Waals surface area contributed by atoms with Crippen LogP contribution in [-0.4, -0.2) is 31.4 Å². The summed E-state index contributed by atoms with van der Waals surface area (Å²) in [5.74, 6) is 1.29. The molecule has 29 heavy (non-hydrogen) atoms. The average Bonchev–Trinajstić information content (AvgIpc) is 2.76. The molecule has 5 heteroatoms. The standard InChI is InChI=1S/C24H28O5/c1-27-17-29-20-13-10-18(11-14-20)12-15-22(26)24-21(25)8-5-9-23(24)28-16-19-6-3-2-4-7-19/h5,8-15,19,25H,2-4,6-7,16-17H2,1H3/b15-12+. The Balaban J connectivity index is 1.67. The second-order valence-corrected chi connectivity index (χ2v) is 7.28. The number of phenols is 1. The number of methoxy groups -OCH3 is 1. The van der Waals surface area contributed by atoms with E-state index in [9.17, 15) is 9.90 Å². The van der Waals surface area contributed by atoms with Crippen LogP contribution in [-0.2, 0) is 4.74 Å². The first-order valence-corrected chi connectivity index (χ1v) is 10.1.